The highest BCUT2D eigenvalue weighted by Crippen LogP contribution is 2.41. The second-order valence-corrected chi connectivity index (χ2v) is 7.01. The first-order chi connectivity index (χ1) is 9.79. The summed E-state index contributed by atoms with van der Waals surface area (Å²) in [7, 11) is 0. The molecule has 0 spiro atoms. The summed E-state index contributed by atoms with van der Waals surface area (Å²) in [4.78, 5) is 0. The highest BCUT2D eigenvalue weighted by atomic mass is 14.9. The van der Waals surface area contributed by atoms with Crippen LogP contribution >= 0.6 is 0 Å². The van der Waals surface area contributed by atoms with Gasteiger partial charge in [0.1, 0.15) is 0 Å². The molecule has 1 nitrogen and oxygen atoms in total. The van der Waals surface area contributed by atoms with Gasteiger partial charge in [-0.25, -0.2) is 0 Å². The van der Waals surface area contributed by atoms with E-state index in [2.05, 4.69) is 26.1 Å². The lowest BCUT2D eigenvalue weighted by Gasteiger charge is -2.17. The lowest BCUT2D eigenvalue weighted by atomic mass is 10.0. The molecule has 20 heavy (non-hydrogen) atoms. The monoisotopic (exact) mass is 281 g/mol. The molecule has 1 aliphatic rings. The van der Waals surface area contributed by atoms with E-state index in [0.29, 0.717) is 0 Å². The van der Waals surface area contributed by atoms with Crippen LogP contribution in [0.25, 0.3) is 0 Å². The first kappa shape index (κ1) is 18.0. The third-order valence-electron chi connectivity index (χ3n) is 5.02. The van der Waals surface area contributed by atoms with Crippen molar-refractivity contribution < 1.29 is 0 Å². The Morgan fingerprint density at radius 3 is 1.80 bits per heavy atom. The van der Waals surface area contributed by atoms with Gasteiger partial charge in [-0.1, -0.05) is 85.0 Å². The van der Waals surface area contributed by atoms with Crippen molar-refractivity contribution in [1.29, 1.82) is 0 Å². The lowest BCUT2D eigenvalue weighted by molar-refractivity contribution is 0.409. The highest BCUT2D eigenvalue weighted by molar-refractivity contribution is 4.92. The van der Waals surface area contributed by atoms with Gasteiger partial charge < -0.3 is 5.32 Å². The van der Waals surface area contributed by atoms with E-state index in [0.717, 1.165) is 24.4 Å². The summed E-state index contributed by atoms with van der Waals surface area (Å²) in [5.74, 6) is 1.98. The summed E-state index contributed by atoms with van der Waals surface area (Å²) in [5.41, 5.74) is 0. The van der Waals surface area contributed by atoms with Crippen molar-refractivity contribution in [2.75, 3.05) is 6.54 Å². The zero-order valence-electron chi connectivity index (χ0n) is 14.4. The maximum absolute atomic E-state index is 3.71. The minimum Gasteiger partial charge on any atom is -0.314 e. The van der Waals surface area contributed by atoms with E-state index >= 15 is 0 Å². The third-order valence-corrected chi connectivity index (χ3v) is 5.02. The molecule has 0 aromatic carbocycles. The van der Waals surface area contributed by atoms with E-state index in [9.17, 15) is 0 Å². The lowest BCUT2D eigenvalue weighted by Crippen LogP contribution is -2.31. The molecule has 1 fully saturated rings. The molecule has 0 aliphatic heterocycles. The molecule has 1 aliphatic carbocycles. The first-order valence-electron chi connectivity index (χ1n) is 9.53. The average Bonchev–Trinajstić information content (AvgIpc) is 3.16. The van der Waals surface area contributed by atoms with Gasteiger partial charge in [-0.15, -0.1) is 0 Å². The summed E-state index contributed by atoms with van der Waals surface area (Å²) >= 11 is 0. The van der Waals surface area contributed by atoms with Crippen LogP contribution < -0.4 is 5.32 Å². The van der Waals surface area contributed by atoms with Gasteiger partial charge in [-0.05, 0) is 31.2 Å². The summed E-state index contributed by atoms with van der Waals surface area (Å²) in [6.07, 6.45) is 17.4. The van der Waals surface area contributed by atoms with Gasteiger partial charge >= 0.3 is 0 Å². The smallest absolute Gasteiger partial charge is 0.00978 e. The minimum absolute atomic E-state index is 0.823. The summed E-state index contributed by atoms with van der Waals surface area (Å²) in [6.45, 7) is 8.10. The molecule has 120 valence electrons. The van der Waals surface area contributed by atoms with Gasteiger partial charge in [0.25, 0.3) is 0 Å². The molecule has 1 saturated carbocycles. The second kappa shape index (κ2) is 11.6. The first-order valence-corrected chi connectivity index (χ1v) is 9.53. The van der Waals surface area contributed by atoms with Crippen molar-refractivity contribution in [3.8, 4) is 0 Å². The SMILES string of the molecule is CCCCCCCCCCCCC(NCC)C1CC1C. The zero-order valence-corrected chi connectivity index (χ0v) is 14.4. The summed E-state index contributed by atoms with van der Waals surface area (Å²) in [6, 6.07) is 0.823. The van der Waals surface area contributed by atoms with Crippen LogP contribution in [0.5, 0.6) is 0 Å². The van der Waals surface area contributed by atoms with Gasteiger partial charge in [0.05, 0.1) is 0 Å². The number of unbranched alkanes of at least 4 members (excludes halogenated alkanes) is 9. The van der Waals surface area contributed by atoms with Gasteiger partial charge in [0.2, 0.25) is 0 Å². The Kier molecular flexibility index (Phi) is 10.4. The van der Waals surface area contributed by atoms with Gasteiger partial charge in [-0.3, -0.25) is 0 Å². The number of hydrogen-bond acceptors (Lipinski definition) is 1. The molecular formula is C19H39N. The van der Waals surface area contributed by atoms with Crippen LogP contribution in [0, 0.1) is 11.8 Å². The molecule has 0 radical (unpaired) electrons. The predicted molar refractivity (Wildman–Crippen MR) is 91.2 cm³/mol. The minimum atomic E-state index is 0.823. The molecule has 0 aromatic rings. The Balaban J connectivity index is 1.85. The van der Waals surface area contributed by atoms with E-state index in [1.807, 2.05) is 0 Å². The molecule has 0 saturated heterocycles. The molecule has 3 atom stereocenters. The van der Waals surface area contributed by atoms with Crippen LogP contribution in [0.3, 0.4) is 0 Å². The van der Waals surface area contributed by atoms with E-state index in [1.54, 1.807) is 0 Å². The van der Waals surface area contributed by atoms with Crippen LogP contribution in [0.4, 0.5) is 0 Å². The number of rotatable bonds is 14. The molecule has 1 rings (SSSR count). The fourth-order valence-electron chi connectivity index (χ4n) is 3.49. The van der Waals surface area contributed by atoms with Crippen LogP contribution in [-0.2, 0) is 0 Å². The van der Waals surface area contributed by atoms with Crippen LogP contribution in [0.2, 0.25) is 0 Å². The predicted octanol–water partition coefficient (Wildman–Crippen LogP) is 5.93. The second-order valence-electron chi connectivity index (χ2n) is 7.01. The molecule has 3 unspecified atom stereocenters. The Bertz CT molecular complexity index is 214. The Hall–Kier alpha value is -0.0400. The summed E-state index contributed by atoms with van der Waals surface area (Å²) < 4.78 is 0. The molecule has 0 bridgehead atoms. The van der Waals surface area contributed by atoms with Crippen LogP contribution in [0.1, 0.15) is 97.8 Å². The summed E-state index contributed by atoms with van der Waals surface area (Å²) in [5, 5.41) is 3.71. The average molecular weight is 282 g/mol. The van der Waals surface area contributed by atoms with Gasteiger partial charge in [0.15, 0.2) is 0 Å². The topological polar surface area (TPSA) is 12.0 Å². The Morgan fingerprint density at radius 2 is 1.35 bits per heavy atom. The number of nitrogens with one attached hydrogen (secondary N) is 1. The third kappa shape index (κ3) is 8.29. The van der Waals surface area contributed by atoms with Crippen molar-refractivity contribution in [3.05, 3.63) is 0 Å². The van der Waals surface area contributed by atoms with Gasteiger partial charge in [0, 0.05) is 6.04 Å². The molecular weight excluding hydrogens is 242 g/mol. The molecule has 0 heterocycles. The van der Waals surface area contributed by atoms with Crippen molar-refractivity contribution in [2.24, 2.45) is 11.8 Å². The fraction of sp³-hybridized carbons (Fsp3) is 1.00. The van der Waals surface area contributed by atoms with E-state index in [-0.39, 0.29) is 0 Å². The van der Waals surface area contributed by atoms with Crippen molar-refractivity contribution in [3.63, 3.8) is 0 Å². The van der Waals surface area contributed by atoms with E-state index < -0.39 is 0 Å². The Labute approximate surface area is 128 Å². The van der Waals surface area contributed by atoms with Crippen molar-refractivity contribution in [1.82, 2.24) is 5.32 Å². The Morgan fingerprint density at radius 1 is 0.850 bits per heavy atom. The van der Waals surface area contributed by atoms with Crippen LogP contribution in [0.15, 0.2) is 0 Å². The maximum Gasteiger partial charge on any atom is 0.00978 e. The van der Waals surface area contributed by atoms with Crippen LogP contribution in [-0.4, -0.2) is 12.6 Å². The van der Waals surface area contributed by atoms with E-state index in [4.69, 9.17) is 0 Å². The quantitative estimate of drug-likeness (QED) is 0.389. The van der Waals surface area contributed by atoms with Gasteiger partial charge in [-0.2, -0.15) is 0 Å². The standard InChI is InChI=1S/C19H39N/c1-4-6-7-8-9-10-11-12-13-14-15-19(20-5-2)18-16-17(18)3/h17-20H,4-16H2,1-3H3. The highest BCUT2D eigenvalue weighted by Gasteiger charge is 2.38. The fourth-order valence-corrected chi connectivity index (χ4v) is 3.49. The molecule has 0 aromatic heterocycles. The molecule has 1 N–H and O–H groups in total. The number of hydrogen-bond donors (Lipinski definition) is 1. The largest absolute Gasteiger partial charge is 0.314 e. The molecule has 1 heteroatoms. The van der Waals surface area contributed by atoms with E-state index in [1.165, 1.54) is 77.0 Å². The maximum atomic E-state index is 3.71. The zero-order chi connectivity index (χ0) is 14.6. The van der Waals surface area contributed by atoms with Crippen molar-refractivity contribution >= 4 is 0 Å². The van der Waals surface area contributed by atoms with Crippen molar-refractivity contribution in [2.45, 2.75) is 104 Å². The normalized spacial score (nSPS) is 22.9. The molecule has 0 amide bonds.